The number of nitrogens with one attached hydrogen (secondary N) is 2. The fourth-order valence-electron chi connectivity index (χ4n) is 4.33. The van der Waals surface area contributed by atoms with Gasteiger partial charge in [-0.2, -0.15) is 0 Å². The van der Waals surface area contributed by atoms with Gasteiger partial charge in [-0.3, -0.25) is 19.3 Å². The maximum Gasteiger partial charge on any atom is 0.321 e. The molecule has 1 saturated carbocycles. The first-order valence-electron chi connectivity index (χ1n) is 10.9. The average Bonchev–Trinajstić information content (AvgIpc) is 3.32. The van der Waals surface area contributed by atoms with Gasteiger partial charge in [0.25, 0.3) is 11.8 Å². The van der Waals surface area contributed by atoms with Crippen LogP contribution < -0.4 is 14.9 Å². The van der Waals surface area contributed by atoms with E-state index in [-0.39, 0.29) is 5.91 Å². The minimum Gasteiger partial charge on any atom is -0.455 e. The molecule has 1 aliphatic carbocycles. The van der Waals surface area contributed by atoms with Crippen molar-refractivity contribution < 1.29 is 27.5 Å². The van der Waals surface area contributed by atoms with Crippen molar-refractivity contribution in [2.45, 2.75) is 31.2 Å². The number of rotatable bonds is 7. The van der Waals surface area contributed by atoms with Crippen LogP contribution in [0.2, 0.25) is 0 Å². The van der Waals surface area contributed by atoms with Crippen LogP contribution in [0, 0.1) is 0 Å². The van der Waals surface area contributed by atoms with E-state index in [0.717, 1.165) is 18.2 Å². The SMILES string of the molecule is O=C(CNS(=O)(=O)/C=C/c1ccccc1)OCC(=O)N1c2ccccc2NC(=O)C12CCCC2. The lowest BCUT2D eigenvalue weighted by atomic mass is 9.90. The van der Waals surface area contributed by atoms with Gasteiger partial charge in [0.05, 0.1) is 11.4 Å². The zero-order chi connectivity index (χ0) is 24.2. The molecule has 4 rings (SSSR count). The summed E-state index contributed by atoms with van der Waals surface area (Å²) in [6.07, 6.45) is 4.03. The van der Waals surface area contributed by atoms with E-state index < -0.39 is 40.6 Å². The van der Waals surface area contributed by atoms with Gasteiger partial charge in [-0.25, -0.2) is 13.1 Å². The molecule has 2 amide bonds. The zero-order valence-corrected chi connectivity index (χ0v) is 19.2. The first-order valence-corrected chi connectivity index (χ1v) is 12.5. The molecule has 2 N–H and O–H groups in total. The molecule has 0 saturated heterocycles. The highest BCUT2D eigenvalue weighted by Gasteiger charge is 2.52. The van der Waals surface area contributed by atoms with Crippen molar-refractivity contribution >= 4 is 45.3 Å². The molecule has 0 bridgehead atoms. The Hall–Kier alpha value is -3.50. The Morgan fingerprint density at radius 3 is 2.47 bits per heavy atom. The quantitative estimate of drug-likeness (QED) is 0.584. The van der Waals surface area contributed by atoms with Crippen LogP contribution in [0.4, 0.5) is 11.4 Å². The molecule has 9 nitrogen and oxygen atoms in total. The van der Waals surface area contributed by atoms with Crippen molar-refractivity contribution in [3.8, 4) is 0 Å². The van der Waals surface area contributed by atoms with Crippen LogP contribution in [0.25, 0.3) is 6.08 Å². The van der Waals surface area contributed by atoms with Crippen LogP contribution in [-0.2, 0) is 29.1 Å². The molecular formula is C24H25N3O6S. The Labute approximate surface area is 197 Å². The third kappa shape index (κ3) is 5.02. The van der Waals surface area contributed by atoms with Crippen LogP contribution in [0.15, 0.2) is 60.0 Å². The van der Waals surface area contributed by atoms with Gasteiger partial charge in [0.1, 0.15) is 12.1 Å². The van der Waals surface area contributed by atoms with Crippen molar-refractivity contribution in [2.24, 2.45) is 0 Å². The number of hydrogen-bond donors (Lipinski definition) is 2. The average molecular weight is 484 g/mol. The zero-order valence-electron chi connectivity index (χ0n) is 18.4. The second-order valence-electron chi connectivity index (χ2n) is 8.18. The van der Waals surface area contributed by atoms with Crippen molar-refractivity contribution in [3.05, 3.63) is 65.6 Å². The van der Waals surface area contributed by atoms with Gasteiger partial charge in [0.2, 0.25) is 10.0 Å². The normalized spacial score (nSPS) is 16.9. The lowest BCUT2D eigenvalue weighted by molar-refractivity contribution is -0.147. The molecule has 0 unspecified atom stereocenters. The monoisotopic (exact) mass is 483 g/mol. The molecule has 0 atom stereocenters. The molecule has 2 aliphatic rings. The van der Waals surface area contributed by atoms with Crippen LogP contribution in [-0.4, -0.2) is 44.9 Å². The maximum atomic E-state index is 13.2. The Morgan fingerprint density at radius 2 is 1.74 bits per heavy atom. The molecule has 1 spiro atoms. The molecule has 34 heavy (non-hydrogen) atoms. The predicted molar refractivity (Wildman–Crippen MR) is 127 cm³/mol. The number of fused-ring (bicyclic) bond motifs is 1. The van der Waals surface area contributed by atoms with E-state index in [4.69, 9.17) is 4.74 Å². The van der Waals surface area contributed by atoms with E-state index in [9.17, 15) is 22.8 Å². The van der Waals surface area contributed by atoms with Crippen LogP contribution in [0.5, 0.6) is 0 Å². The van der Waals surface area contributed by atoms with E-state index in [1.165, 1.54) is 11.0 Å². The number of esters is 1. The topological polar surface area (TPSA) is 122 Å². The summed E-state index contributed by atoms with van der Waals surface area (Å²) in [5.74, 6) is -1.69. The Bertz CT molecular complexity index is 1220. The highest BCUT2D eigenvalue weighted by molar-refractivity contribution is 7.92. The first-order chi connectivity index (χ1) is 16.3. The number of ether oxygens (including phenoxy) is 1. The van der Waals surface area contributed by atoms with E-state index in [2.05, 4.69) is 10.0 Å². The van der Waals surface area contributed by atoms with E-state index in [1.54, 1.807) is 48.5 Å². The van der Waals surface area contributed by atoms with Crippen molar-refractivity contribution in [1.82, 2.24) is 4.72 Å². The Balaban J connectivity index is 1.38. The number of carbonyl (C=O) groups is 3. The van der Waals surface area contributed by atoms with Gasteiger partial charge in [-0.05, 0) is 36.6 Å². The number of nitrogens with zero attached hydrogens (tertiary/aromatic N) is 1. The summed E-state index contributed by atoms with van der Waals surface area (Å²) in [6, 6.07) is 15.8. The van der Waals surface area contributed by atoms with Gasteiger partial charge < -0.3 is 10.1 Å². The van der Waals surface area contributed by atoms with Gasteiger partial charge in [-0.15, -0.1) is 0 Å². The highest BCUT2D eigenvalue weighted by atomic mass is 32.2. The van der Waals surface area contributed by atoms with Crippen molar-refractivity contribution in [3.63, 3.8) is 0 Å². The van der Waals surface area contributed by atoms with Gasteiger partial charge in [0.15, 0.2) is 6.61 Å². The second-order valence-corrected chi connectivity index (χ2v) is 9.83. The third-order valence-corrected chi connectivity index (χ3v) is 6.98. The lowest BCUT2D eigenvalue weighted by Gasteiger charge is -2.44. The second kappa shape index (κ2) is 9.78. The fourth-order valence-corrected chi connectivity index (χ4v) is 5.08. The standard InChI is InChI=1S/C24H25N3O6S/c28-21(17-33-22(29)16-25-34(31,32)15-12-18-8-2-1-3-9-18)27-20-11-5-4-10-19(20)26-23(30)24(27)13-6-7-14-24/h1-5,8-12,15,25H,6-7,13-14,16-17H2,(H,26,30)/b15-12+. The van der Waals surface area contributed by atoms with Crippen LogP contribution in [0.1, 0.15) is 31.2 Å². The minimum atomic E-state index is -3.88. The number of carbonyl (C=O) groups excluding carboxylic acids is 3. The molecule has 2 aromatic rings. The lowest BCUT2D eigenvalue weighted by Crippen LogP contribution is -2.61. The predicted octanol–water partition coefficient (Wildman–Crippen LogP) is 2.42. The molecule has 10 heteroatoms. The number of sulfonamides is 1. The maximum absolute atomic E-state index is 13.2. The number of para-hydroxylation sites is 2. The molecule has 1 aliphatic heterocycles. The van der Waals surface area contributed by atoms with E-state index in [1.807, 2.05) is 6.07 Å². The van der Waals surface area contributed by atoms with E-state index in [0.29, 0.717) is 29.8 Å². The summed E-state index contributed by atoms with van der Waals surface area (Å²) in [6.45, 7) is -1.24. The minimum absolute atomic E-state index is 0.249. The van der Waals surface area contributed by atoms with Gasteiger partial charge in [-0.1, -0.05) is 55.3 Å². The van der Waals surface area contributed by atoms with Crippen LogP contribution in [0.3, 0.4) is 0 Å². The highest BCUT2D eigenvalue weighted by Crippen LogP contribution is 2.45. The molecule has 1 heterocycles. The molecule has 1 fully saturated rings. The van der Waals surface area contributed by atoms with Gasteiger partial charge in [0, 0.05) is 5.41 Å². The summed E-state index contributed by atoms with van der Waals surface area (Å²) < 4.78 is 31.4. The number of amides is 2. The first kappa shape index (κ1) is 23.7. The van der Waals surface area contributed by atoms with Crippen molar-refractivity contribution in [2.75, 3.05) is 23.4 Å². The van der Waals surface area contributed by atoms with Crippen molar-refractivity contribution in [1.29, 1.82) is 0 Å². The third-order valence-electron chi connectivity index (χ3n) is 5.94. The number of hydrogen-bond acceptors (Lipinski definition) is 6. The number of benzene rings is 2. The summed E-state index contributed by atoms with van der Waals surface area (Å²) in [5, 5.41) is 3.83. The molecule has 0 radical (unpaired) electrons. The van der Waals surface area contributed by atoms with Gasteiger partial charge >= 0.3 is 5.97 Å². The molecule has 178 valence electrons. The molecule has 2 aromatic carbocycles. The summed E-state index contributed by atoms with van der Waals surface area (Å²) in [5.41, 5.74) is 0.744. The van der Waals surface area contributed by atoms with E-state index >= 15 is 0 Å². The Morgan fingerprint density at radius 1 is 1.06 bits per heavy atom. The molecule has 0 aromatic heterocycles. The van der Waals surface area contributed by atoms with Crippen LogP contribution >= 0.6 is 0 Å². The summed E-state index contributed by atoms with van der Waals surface area (Å²) >= 11 is 0. The smallest absolute Gasteiger partial charge is 0.321 e. The Kier molecular flexibility index (Phi) is 6.80. The summed E-state index contributed by atoms with van der Waals surface area (Å²) in [4.78, 5) is 39.7. The number of anilines is 2. The largest absolute Gasteiger partial charge is 0.455 e. The molecular weight excluding hydrogens is 458 g/mol. The fraction of sp³-hybridized carbons (Fsp3) is 0.292. The summed E-state index contributed by atoms with van der Waals surface area (Å²) in [7, 11) is -3.88.